The number of furan rings is 1. The quantitative estimate of drug-likeness (QED) is 0.914. The minimum absolute atomic E-state index is 0. The standard InChI is InChI=1S/C13H15NO4.ClH/c1-14(2)6-7-17-10-4-3-5-11-9(10)8-12(18-11)13(15)16;/h3-5,8H,6-7H2,1-2H3,(H,15,16);1H. The lowest BCUT2D eigenvalue weighted by molar-refractivity contribution is 0.0665. The van der Waals surface area contributed by atoms with Gasteiger partial charge in [0.15, 0.2) is 0 Å². The first kappa shape index (κ1) is 15.3. The molecular formula is C13H16ClNO4. The zero-order valence-corrected chi connectivity index (χ0v) is 11.6. The fourth-order valence-corrected chi connectivity index (χ4v) is 1.60. The second-order valence-corrected chi connectivity index (χ2v) is 4.24. The number of nitrogens with zero attached hydrogens (tertiary/aromatic N) is 1. The number of hydrogen-bond donors (Lipinski definition) is 1. The Bertz CT molecular complexity index is 565. The van der Waals surface area contributed by atoms with Crippen molar-refractivity contribution < 1.29 is 19.1 Å². The van der Waals surface area contributed by atoms with Crippen LogP contribution in [0, 0.1) is 0 Å². The average Bonchev–Trinajstić information content (AvgIpc) is 2.73. The van der Waals surface area contributed by atoms with Gasteiger partial charge in [-0.3, -0.25) is 0 Å². The van der Waals surface area contributed by atoms with Gasteiger partial charge in [0.1, 0.15) is 17.9 Å². The van der Waals surface area contributed by atoms with E-state index in [1.165, 1.54) is 6.07 Å². The first-order valence-electron chi connectivity index (χ1n) is 5.61. The Balaban J connectivity index is 0.00000180. The van der Waals surface area contributed by atoms with E-state index in [-0.39, 0.29) is 18.2 Å². The Kier molecular flexibility index (Phi) is 5.20. The number of halogens is 1. The first-order valence-corrected chi connectivity index (χ1v) is 5.61. The van der Waals surface area contributed by atoms with Crippen LogP contribution in [0.25, 0.3) is 11.0 Å². The van der Waals surface area contributed by atoms with Crippen LogP contribution in [0.2, 0.25) is 0 Å². The highest BCUT2D eigenvalue weighted by Gasteiger charge is 2.13. The number of ether oxygens (including phenoxy) is 1. The van der Waals surface area contributed by atoms with Gasteiger partial charge in [0.05, 0.1) is 5.39 Å². The third-order valence-electron chi connectivity index (χ3n) is 2.53. The lowest BCUT2D eigenvalue weighted by atomic mass is 10.2. The molecule has 0 amide bonds. The SMILES string of the molecule is CN(C)CCOc1cccc2oc(C(=O)O)cc12.Cl. The van der Waals surface area contributed by atoms with E-state index < -0.39 is 5.97 Å². The fourth-order valence-electron chi connectivity index (χ4n) is 1.60. The van der Waals surface area contributed by atoms with Crippen LogP contribution >= 0.6 is 12.4 Å². The van der Waals surface area contributed by atoms with E-state index in [9.17, 15) is 4.79 Å². The number of likely N-dealkylation sites (N-methyl/N-ethyl adjacent to an activating group) is 1. The molecule has 0 atom stereocenters. The fraction of sp³-hybridized carbons (Fsp3) is 0.308. The second-order valence-electron chi connectivity index (χ2n) is 4.24. The molecule has 19 heavy (non-hydrogen) atoms. The molecule has 6 heteroatoms. The van der Waals surface area contributed by atoms with Crippen LogP contribution in [0.3, 0.4) is 0 Å². The van der Waals surface area contributed by atoms with Crippen LogP contribution in [0.4, 0.5) is 0 Å². The van der Waals surface area contributed by atoms with Crippen LogP contribution in [0.1, 0.15) is 10.6 Å². The lowest BCUT2D eigenvalue weighted by Gasteiger charge is -2.11. The third kappa shape index (κ3) is 3.62. The molecule has 0 spiro atoms. The highest BCUT2D eigenvalue weighted by molar-refractivity contribution is 5.93. The molecule has 0 aliphatic carbocycles. The van der Waals surface area contributed by atoms with Gasteiger partial charge in [-0.25, -0.2) is 4.79 Å². The summed E-state index contributed by atoms with van der Waals surface area (Å²) in [6.45, 7) is 1.33. The number of carboxylic acids is 1. The Morgan fingerprint density at radius 2 is 2.16 bits per heavy atom. The van der Waals surface area contributed by atoms with Gasteiger partial charge in [-0.1, -0.05) is 6.07 Å². The zero-order valence-electron chi connectivity index (χ0n) is 10.8. The summed E-state index contributed by atoms with van der Waals surface area (Å²) < 4.78 is 10.8. The van der Waals surface area contributed by atoms with Gasteiger partial charge in [0.2, 0.25) is 5.76 Å². The van der Waals surface area contributed by atoms with Crippen molar-refractivity contribution in [2.45, 2.75) is 0 Å². The first-order chi connectivity index (χ1) is 8.58. The molecule has 104 valence electrons. The van der Waals surface area contributed by atoms with Crippen LogP contribution in [0.15, 0.2) is 28.7 Å². The molecule has 5 nitrogen and oxygen atoms in total. The van der Waals surface area contributed by atoms with E-state index in [1.54, 1.807) is 18.2 Å². The molecule has 1 heterocycles. The molecule has 0 aliphatic rings. The Morgan fingerprint density at radius 1 is 1.42 bits per heavy atom. The molecule has 2 rings (SSSR count). The Hall–Kier alpha value is -1.72. The number of rotatable bonds is 5. The van der Waals surface area contributed by atoms with E-state index in [0.29, 0.717) is 23.3 Å². The number of benzene rings is 1. The molecule has 0 saturated heterocycles. The maximum Gasteiger partial charge on any atom is 0.371 e. The minimum atomic E-state index is -1.08. The van der Waals surface area contributed by atoms with Crippen molar-refractivity contribution in [3.05, 3.63) is 30.0 Å². The number of hydrogen-bond acceptors (Lipinski definition) is 4. The van der Waals surface area contributed by atoms with Crippen molar-refractivity contribution in [1.29, 1.82) is 0 Å². The Labute approximate surface area is 117 Å². The van der Waals surface area contributed by atoms with Crippen LogP contribution in [-0.2, 0) is 0 Å². The smallest absolute Gasteiger partial charge is 0.371 e. The van der Waals surface area contributed by atoms with Crippen molar-refractivity contribution >= 4 is 29.3 Å². The predicted octanol–water partition coefficient (Wildman–Crippen LogP) is 2.49. The van der Waals surface area contributed by atoms with Gasteiger partial charge in [0.25, 0.3) is 0 Å². The van der Waals surface area contributed by atoms with Crippen molar-refractivity contribution in [2.24, 2.45) is 0 Å². The molecule has 0 saturated carbocycles. The number of carboxylic acid groups (broad SMARTS) is 1. The zero-order chi connectivity index (χ0) is 13.1. The molecule has 1 aromatic heterocycles. The summed E-state index contributed by atoms with van der Waals surface area (Å²) in [4.78, 5) is 12.9. The van der Waals surface area contributed by atoms with Crippen LogP contribution < -0.4 is 4.74 Å². The molecule has 0 unspecified atom stereocenters. The van der Waals surface area contributed by atoms with Crippen LogP contribution in [-0.4, -0.2) is 43.2 Å². The van der Waals surface area contributed by atoms with Gasteiger partial charge >= 0.3 is 5.97 Å². The normalized spacial score (nSPS) is 10.5. The van der Waals surface area contributed by atoms with Crippen molar-refractivity contribution in [3.63, 3.8) is 0 Å². The number of carbonyl (C=O) groups is 1. The third-order valence-corrected chi connectivity index (χ3v) is 2.53. The molecule has 0 bridgehead atoms. The van der Waals surface area contributed by atoms with E-state index in [2.05, 4.69) is 0 Å². The monoisotopic (exact) mass is 285 g/mol. The second kappa shape index (κ2) is 6.45. The van der Waals surface area contributed by atoms with Gasteiger partial charge < -0.3 is 19.2 Å². The summed E-state index contributed by atoms with van der Waals surface area (Å²) in [5.74, 6) is -0.510. The maximum absolute atomic E-state index is 10.8. The average molecular weight is 286 g/mol. The number of aromatic carboxylic acids is 1. The topological polar surface area (TPSA) is 62.9 Å². The Morgan fingerprint density at radius 3 is 2.79 bits per heavy atom. The molecule has 2 aromatic rings. The summed E-state index contributed by atoms with van der Waals surface area (Å²) in [7, 11) is 3.93. The largest absolute Gasteiger partial charge is 0.491 e. The van der Waals surface area contributed by atoms with Gasteiger partial charge in [-0.2, -0.15) is 0 Å². The van der Waals surface area contributed by atoms with E-state index in [0.717, 1.165) is 6.54 Å². The highest BCUT2D eigenvalue weighted by atomic mass is 35.5. The predicted molar refractivity (Wildman–Crippen MR) is 74.5 cm³/mol. The van der Waals surface area contributed by atoms with Gasteiger partial charge in [-0.15, -0.1) is 12.4 Å². The molecule has 0 radical (unpaired) electrons. The van der Waals surface area contributed by atoms with E-state index >= 15 is 0 Å². The summed E-state index contributed by atoms with van der Waals surface area (Å²) in [5.41, 5.74) is 0.523. The minimum Gasteiger partial charge on any atom is -0.491 e. The molecule has 1 N–H and O–H groups in total. The highest BCUT2D eigenvalue weighted by Crippen LogP contribution is 2.28. The summed E-state index contributed by atoms with van der Waals surface area (Å²) in [6.07, 6.45) is 0. The van der Waals surface area contributed by atoms with Crippen molar-refractivity contribution in [1.82, 2.24) is 4.90 Å². The summed E-state index contributed by atoms with van der Waals surface area (Å²) in [6, 6.07) is 6.80. The van der Waals surface area contributed by atoms with E-state index in [4.69, 9.17) is 14.3 Å². The molecule has 0 aliphatic heterocycles. The van der Waals surface area contributed by atoms with Crippen LogP contribution in [0.5, 0.6) is 5.75 Å². The summed E-state index contributed by atoms with van der Waals surface area (Å²) in [5, 5.41) is 9.57. The van der Waals surface area contributed by atoms with Gasteiger partial charge in [-0.05, 0) is 26.2 Å². The summed E-state index contributed by atoms with van der Waals surface area (Å²) >= 11 is 0. The maximum atomic E-state index is 10.8. The molecule has 1 aromatic carbocycles. The molecule has 0 fully saturated rings. The molecular weight excluding hydrogens is 270 g/mol. The number of fused-ring (bicyclic) bond motifs is 1. The lowest BCUT2D eigenvalue weighted by Crippen LogP contribution is -2.19. The van der Waals surface area contributed by atoms with Crippen molar-refractivity contribution in [3.8, 4) is 5.75 Å². The van der Waals surface area contributed by atoms with Crippen molar-refractivity contribution in [2.75, 3.05) is 27.2 Å². The van der Waals surface area contributed by atoms with E-state index in [1.807, 2.05) is 19.0 Å². The van der Waals surface area contributed by atoms with Gasteiger partial charge in [0, 0.05) is 12.6 Å².